The molecule has 4 rings (SSSR count). The second kappa shape index (κ2) is 9.59. The molecule has 0 unspecified atom stereocenters. The summed E-state index contributed by atoms with van der Waals surface area (Å²) in [6.45, 7) is 1.69. The van der Waals surface area contributed by atoms with Gasteiger partial charge in [-0.15, -0.1) is 23.7 Å². The molecular formula is C17H18Cl2N4O3S3. The van der Waals surface area contributed by atoms with Gasteiger partial charge in [-0.3, -0.25) is 4.79 Å². The number of nitrogens with one attached hydrogen (secondary N) is 2. The molecule has 2 N–H and O–H groups in total. The first-order chi connectivity index (χ1) is 13.5. The molecule has 3 aromatic rings. The van der Waals surface area contributed by atoms with Crippen LogP contribution in [0.15, 0.2) is 30.3 Å². The number of thiazole rings is 1. The summed E-state index contributed by atoms with van der Waals surface area (Å²) in [4.78, 5) is 16.9. The fourth-order valence-electron chi connectivity index (χ4n) is 3.11. The average molecular weight is 493 g/mol. The Hall–Kier alpha value is -1.43. The molecule has 1 aromatic carbocycles. The van der Waals surface area contributed by atoms with Crippen LogP contribution in [0.2, 0.25) is 4.34 Å². The lowest BCUT2D eigenvalue weighted by atomic mass is 9.97. The summed E-state index contributed by atoms with van der Waals surface area (Å²) in [5.74, 6) is -0.0225. The van der Waals surface area contributed by atoms with Crippen molar-refractivity contribution < 1.29 is 13.2 Å². The van der Waals surface area contributed by atoms with E-state index in [4.69, 9.17) is 11.6 Å². The van der Waals surface area contributed by atoms with Crippen molar-refractivity contribution in [3.63, 3.8) is 0 Å². The highest BCUT2D eigenvalue weighted by Gasteiger charge is 2.22. The maximum absolute atomic E-state index is 12.4. The topological polar surface area (TPSA) is 91.4 Å². The van der Waals surface area contributed by atoms with E-state index in [0.717, 1.165) is 30.6 Å². The van der Waals surface area contributed by atoms with E-state index in [1.807, 2.05) is 0 Å². The number of halogens is 2. The van der Waals surface area contributed by atoms with Crippen molar-refractivity contribution in [2.45, 2.75) is 12.8 Å². The van der Waals surface area contributed by atoms with Gasteiger partial charge in [-0.25, -0.2) is 17.7 Å². The van der Waals surface area contributed by atoms with Gasteiger partial charge < -0.3 is 10.6 Å². The zero-order valence-corrected chi connectivity index (χ0v) is 19.1. The number of rotatable bonds is 5. The van der Waals surface area contributed by atoms with Gasteiger partial charge in [-0.05, 0) is 56.3 Å². The minimum absolute atomic E-state index is 0. The Morgan fingerprint density at radius 1 is 1.21 bits per heavy atom. The highest BCUT2D eigenvalue weighted by Crippen LogP contribution is 2.37. The van der Waals surface area contributed by atoms with Crippen LogP contribution in [-0.2, 0) is 15.7 Å². The second-order valence-electron chi connectivity index (χ2n) is 6.31. The number of aromatic nitrogens is 1. The van der Waals surface area contributed by atoms with E-state index in [1.54, 1.807) is 30.3 Å². The fourth-order valence-corrected chi connectivity index (χ4v) is 5.84. The number of amides is 1. The fraction of sp³-hybridized carbons (Fsp3) is 0.294. The number of carbonyl (C=O) groups excluding carboxylic acids is 1. The number of piperidine rings is 1. The third-order valence-electron chi connectivity index (χ3n) is 4.49. The Morgan fingerprint density at radius 2 is 1.97 bits per heavy atom. The van der Waals surface area contributed by atoms with E-state index in [1.165, 1.54) is 27.0 Å². The minimum Gasteiger partial charge on any atom is -0.317 e. The highest BCUT2D eigenvalue weighted by atomic mass is 35.5. The van der Waals surface area contributed by atoms with Gasteiger partial charge in [0.15, 0.2) is 5.13 Å². The summed E-state index contributed by atoms with van der Waals surface area (Å²) in [6.07, 6.45) is 1.63. The van der Waals surface area contributed by atoms with Gasteiger partial charge in [0.2, 0.25) is 16.8 Å². The molecule has 156 valence electrons. The molecule has 1 saturated heterocycles. The van der Waals surface area contributed by atoms with Gasteiger partial charge >= 0.3 is 0 Å². The summed E-state index contributed by atoms with van der Waals surface area (Å²) in [5.41, 5.74) is 1.21. The van der Waals surface area contributed by atoms with E-state index >= 15 is 0 Å². The first kappa shape index (κ1) is 22.3. The standard InChI is InChI=1S/C17H17ClN4O3S3.ClH/c18-14-3-4-15(27-14)22(28(24)25)11-1-2-12-13(9-11)26-17(20-12)21-16(23)10-5-7-19-8-6-10;/h1-4,9-10,19,28H,5-8H2,(H,20,21,23);1H. The molecule has 1 aliphatic heterocycles. The molecule has 3 heterocycles. The smallest absolute Gasteiger partial charge is 0.230 e. The summed E-state index contributed by atoms with van der Waals surface area (Å²) < 4.78 is 26.2. The van der Waals surface area contributed by atoms with Crippen molar-refractivity contribution in [2.24, 2.45) is 5.92 Å². The molecule has 1 aliphatic rings. The Balaban J connectivity index is 0.00000240. The lowest BCUT2D eigenvalue weighted by molar-refractivity contribution is -0.120. The predicted octanol–water partition coefficient (Wildman–Crippen LogP) is 4.04. The third-order valence-corrected chi connectivity index (χ3v) is 7.55. The van der Waals surface area contributed by atoms with Gasteiger partial charge in [0.05, 0.1) is 20.2 Å². The predicted molar refractivity (Wildman–Crippen MR) is 123 cm³/mol. The number of benzene rings is 1. The number of thiophene rings is 1. The van der Waals surface area contributed by atoms with Gasteiger partial charge in [0.25, 0.3) is 0 Å². The van der Waals surface area contributed by atoms with Crippen LogP contribution in [0.4, 0.5) is 15.8 Å². The SMILES string of the molecule is Cl.O=C(Nc1nc2ccc(N(c3ccc(Cl)s3)[SH](=O)=O)cc2s1)C1CCNCC1. The molecule has 0 radical (unpaired) electrons. The quantitative estimate of drug-likeness (QED) is 0.467. The first-order valence-electron chi connectivity index (χ1n) is 8.63. The van der Waals surface area contributed by atoms with E-state index < -0.39 is 10.9 Å². The monoisotopic (exact) mass is 492 g/mol. The summed E-state index contributed by atoms with van der Waals surface area (Å²) >= 11 is 8.47. The molecule has 1 fully saturated rings. The van der Waals surface area contributed by atoms with Crippen LogP contribution < -0.4 is 14.9 Å². The van der Waals surface area contributed by atoms with Crippen molar-refractivity contribution in [3.05, 3.63) is 34.7 Å². The number of nitrogens with zero attached hydrogens (tertiary/aromatic N) is 2. The highest BCUT2D eigenvalue weighted by molar-refractivity contribution is 7.74. The number of thiol groups is 1. The number of hydrogen-bond donors (Lipinski definition) is 3. The molecule has 0 aliphatic carbocycles. The van der Waals surface area contributed by atoms with Crippen LogP contribution in [0.5, 0.6) is 0 Å². The summed E-state index contributed by atoms with van der Waals surface area (Å²) in [6, 6.07) is 8.53. The zero-order chi connectivity index (χ0) is 19.7. The summed E-state index contributed by atoms with van der Waals surface area (Å²) in [5, 5.41) is 7.18. The number of hydrogen-bond acceptors (Lipinski definition) is 7. The van der Waals surface area contributed by atoms with Crippen LogP contribution in [0, 0.1) is 5.92 Å². The van der Waals surface area contributed by atoms with E-state index in [2.05, 4.69) is 15.6 Å². The number of carbonyl (C=O) groups is 1. The van der Waals surface area contributed by atoms with Crippen molar-refractivity contribution in [2.75, 3.05) is 22.7 Å². The Morgan fingerprint density at radius 3 is 2.62 bits per heavy atom. The molecule has 29 heavy (non-hydrogen) atoms. The van der Waals surface area contributed by atoms with Gasteiger partial charge in [-0.1, -0.05) is 22.9 Å². The van der Waals surface area contributed by atoms with Crippen molar-refractivity contribution >= 4 is 89.5 Å². The molecule has 0 atom stereocenters. The second-order valence-corrected chi connectivity index (χ2v) is 9.91. The van der Waals surface area contributed by atoms with Gasteiger partial charge in [0, 0.05) is 5.92 Å². The van der Waals surface area contributed by atoms with Crippen molar-refractivity contribution in [1.29, 1.82) is 0 Å². The molecule has 0 bridgehead atoms. The van der Waals surface area contributed by atoms with Crippen LogP contribution in [0.3, 0.4) is 0 Å². The van der Waals surface area contributed by atoms with Crippen LogP contribution in [0.25, 0.3) is 10.2 Å². The third kappa shape index (κ3) is 5.01. The van der Waals surface area contributed by atoms with Crippen LogP contribution in [0.1, 0.15) is 12.8 Å². The van der Waals surface area contributed by atoms with Crippen LogP contribution in [-0.4, -0.2) is 32.4 Å². The molecule has 12 heteroatoms. The number of fused-ring (bicyclic) bond motifs is 1. The van der Waals surface area contributed by atoms with E-state index in [-0.39, 0.29) is 24.2 Å². The Kier molecular flexibility index (Phi) is 7.36. The largest absolute Gasteiger partial charge is 0.317 e. The van der Waals surface area contributed by atoms with Gasteiger partial charge in [0.1, 0.15) is 5.00 Å². The molecule has 0 spiro atoms. The molecule has 7 nitrogen and oxygen atoms in total. The first-order valence-corrected chi connectivity index (χ1v) is 11.8. The normalized spacial score (nSPS) is 14.7. The lowest BCUT2D eigenvalue weighted by Gasteiger charge is -2.20. The maximum Gasteiger partial charge on any atom is 0.230 e. The molecular weight excluding hydrogens is 475 g/mol. The van der Waals surface area contributed by atoms with E-state index in [9.17, 15) is 13.2 Å². The minimum atomic E-state index is -2.88. The molecule has 0 saturated carbocycles. The lowest BCUT2D eigenvalue weighted by Crippen LogP contribution is -2.34. The summed E-state index contributed by atoms with van der Waals surface area (Å²) in [7, 11) is -2.88. The van der Waals surface area contributed by atoms with Gasteiger partial charge in [-0.2, -0.15) is 0 Å². The van der Waals surface area contributed by atoms with Crippen LogP contribution >= 0.6 is 46.7 Å². The number of anilines is 3. The zero-order valence-electron chi connectivity index (χ0n) is 15.0. The Labute approximate surface area is 188 Å². The molecule has 2 aromatic heterocycles. The average Bonchev–Trinajstić information content (AvgIpc) is 3.27. The van der Waals surface area contributed by atoms with E-state index in [0.29, 0.717) is 25.7 Å². The Bertz CT molecular complexity index is 1080. The maximum atomic E-state index is 12.4. The van der Waals surface area contributed by atoms with Crippen molar-refractivity contribution in [1.82, 2.24) is 10.3 Å². The molecule has 1 amide bonds. The van der Waals surface area contributed by atoms with Crippen molar-refractivity contribution in [3.8, 4) is 0 Å².